The van der Waals surface area contributed by atoms with E-state index in [-0.39, 0.29) is 0 Å². The fourth-order valence-electron chi connectivity index (χ4n) is 1.69. The van der Waals surface area contributed by atoms with Crippen molar-refractivity contribution in [2.75, 3.05) is 13.4 Å². The third-order valence-electron chi connectivity index (χ3n) is 2.81. The summed E-state index contributed by atoms with van der Waals surface area (Å²) in [5.41, 5.74) is 0.782. The Morgan fingerprint density at radius 2 is 2.20 bits per heavy atom. The average molecular weight is 224 g/mol. The number of aliphatic hydroxyl groups is 1. The average Bonchev–Trinajstić information content (AvgIpc) is 2.96. The molecule has 1 aromatic carbocycles. The van der Waals surface area contributed by atoms with E-state index in [9.17, 15) is 5.11 Å². The Hall–Kier alpha value is -0.670. The molecule has 1 aliphatic rings. The zero-order chi connectivity index (χ0) is 10.9. The van der Waals surface area contributed by atoms with E-state index >= 15 is 0 Å². The van der Waals surface area contributed by atoms with Gasteiger partial charge < -0.3 is 9.84 Å². The highest BCUT2D eigenvalue weighted by Gasteiger charge is 2.40. The summed E-state index contributed by atoms with van der Waals surface area (Å²) in [6, 6.07) is 6.13. The molecule has 0 spiro atoms. The van der Waals surface area contributed by atoms with E-state index in [4.69, 9.17) is 4.74 Å². The van der Waals surface area contributed by atoms with Gasteiger partial charge in [0.1, 0.15) is 5.75 Å². The summed E-state index contributed by atoms with van der Waals surface area (Å²) in [5.74, 6) is 0.911. The lowest BCUT2D eigenvalue weighted by Crippen LogP contribution is -2.10. The molecule has 1 aromatic rings. The van der Waals surface area contributed by atoms with E-state index in [1.807, 2.05) is 18.4 Å². The molecule has 0 heterocycles. The van der Waals surface area contributed by atoms with Crippen LogP contribution in [0.15, 0.2) is 23.1 Å². The second-order valence-electron chi connectivity index (χ2n) is 4.09. The molecule has 0 amide bonds. The molecule has 0 aromatic heterocycles. The van der Waals surface area contributed by atoms with Crippen LogP contribution in [0, 0.1) is 0 Å². The van der Waals surface area contributed by atoms with Crippen molar-refractivity contribution < 1.29 is 9.84 Å². The van der Waals surface area contributed by atoms with Gasteiger partial charge in [0.2, 0.25) is 0 Å². The van der Waals surface area contributed by atoms with Gasteiger partial charge in [-0.2, -0.15) is 0 Å². The van der Waals surface area contributed by atoms with Gasteiger partial charge in [-0.15, -0.1) is 11.8 Å². The Morgan fingerprint density at radius 3 is 2.73 bits per heavy atom. The maximum absolute atomic E-state index is 9.83. The van der Waals surface area contributed by atoms with Crippen molar-refractivity contribution in [2.45, 2.75) is 29.8 Å². The van der Waals surface area contributed by atoms with Crippen molar-refractivity contribution in [3.05, 3.63) is 23.8 Å². The quantitative estimate of drug-likeness (QED) is 0.797. The van der Waals surface area contributed by atoms with Gasteiger partial charge in [-0.25, -0.2) is 0 Å². The standard InChI is InChI=1S/C12H16O2S/c1-14-10-4-3-9(7-11(10)15-2)8-12(13)5-6-12/h3-4,7,13H,5-6,8H2,1-2H3. The number of methoxy groups -OCH3 is 1. The minimum Gasteiger partial charge on any atom is -0.496 e. The zero-order valence-electron chi connectivity index (χ0n) is 9.12. The highest BCUT2D eigenvalue weighted by Crippen LogP contribution is 2.39. The lowest BCUT2D eigenvalue weighted by molar-refractivity contribution is 0.151. The maximum atomic E-state index is 9.83. The van der Waals surface area contributed by atoms with Crippen molar-refractivity contribution in [1.82, 2.24) is 0 Å². The van der Waals surface area contributed by atoms with Crippen molar-refractivity contribution in [3.8, 4) is 5.75 Å². The largest absolute Gasteiger partial charge is 0.496 e. The van der Waals surface area contributed by atoms with E-state index in [1.165, 1.54) is 5.56 Å². The zero-order valence-corrected chi connectivity index (χ0v) is 9.93. The summed E-state index contributed by atoms with van der Waals surface area (Å²) in [7, 11) is 1.68. The molecular formula is C12H16O2S. The Labute approximate surface area is 94.6 Å². The molecule has 1 N–H and O–H groups in total. The molecule has 82 valence electrons. The Bertz CT molecular complexity index is 359. The van der Waals surface area contributed by atoms with Crippen molar-refractivity contribution >= 4 is 11.8 Å². The van der Waals surface area contributed by atoms with Crippen LogP contribution in [-0.2, 0) is 6.42 Å². The van der Waals surface area contributed by atoms with Gasteiger partial charge in [0.25, 0.3) is 0 Å². The molecular weight excluding hydrogens is 208 g/mol. The topological polar surface area (TPSA) is 29.5 Å². The summed E-state index contributed by atoms with van der Waals surface area (Å²) in [6.45, 7) is 0. The SMILES string of the molecule is COc1ccc(CC2(O)CC2)cc1SC. The lowest BCUT2D eigenvalue weighted by atomic mass is 10.1. The maximum Gasteiger partial charge on any atom is 0.132 e. The molecule has 0 bridgehead atoms. The van der Waals surface area contributed by atoms with Gasteiger partial charge in [0.05, 0.1) is 12.7 Å². The monoisotopic (exact) mass is 224 g/mol. The molecule has 2 rings (SSSR count). The second-order valence-corrected chi connectivity index (χ2v) is 4.94. The van der Waals surface area contributed by atoms with Crippen LogP contribution >= 0.6 is 11.8 Å². The molecule has 0 aliphatic heterocycles. The molecule has 1 aliphatic carbocycles. The number of thioether (sulfide) groups is 1. The van der Waals surface area contributed by atoms with E-state index in [0.717, 1.165) is 29.9 Å². The molecule has 0 radical (unpaired) electrons. The number of benzene rings is 1. The summed E-state index contributed by atoms with van der Waals surface area (Å²) in [5, 5.41) is 9.83. The number of rotatable bonds is 4. The fraction of sp³-hybridized carbons (Fsp3) is 0.500. The summed E-state index contributed by atoms with van der Waals surface area (Å²) < 4.78 is 5.25. The van der Waals surface area contributed by atoms with Gasteiger partial charge in [0, 0.05) is 11.3 Å². The third-order valence-corrected chi connectivity index (χ3v) is 3.57. The van der Waals surface area contributed by atoms with Crippen LogP contribution in [0.25, 0.3) is 0 Å². The minimum atomic E-state index is -0.412. The highest BCUT2D eigenvalue weighted by atomic mass is 32.2. The highest BCUT2D eigenvalue weighted by molar-refractivity contribution is 7.98. The number of ether oxygens (including phenoxy) is 1. The van der Waals surface area contributed by atoms with Gasteiger partial charge in [0.15, 0.2) is 0 Å². The first-order valence-corrected chi connectivity index (χ1v) is 6.33. The Kier molecular flexibility index (Phi) is 2.94. The van der Waals surface area contributed by atoms with Crippen LogP contribution in [-0.4, -0.2) is 24.1 Å². The molecule has 2 nitrogen and oxygen atoms in total. The first kappa shape index (κ1) is 10.8. The molecule has 15 heavy (non-hydrogen) atoms. The smallest absolute Gasteiger partial charge is 0.132 e. The van der Waals surface area contributed by atoms with Crippen LogP contribution in [0.1, 0.15) is 18.4 Å². The molecule has 0 unspecified atom stereocenters. The van der Waals surface area contributed by atoms with Crippen LogP contribution < -0.4 is 4.74 Å². The van der Waals surface area contributed by atoms with Gasteiger partial charge in [-0.1, -0.05) is 6.07 Å². The van der Waals surface area contributed by atoms with Crippen LogP contribution in [0.2, 0.25) is 0 Å². The van der Waals surface area contributed by atoms with Crippen LogP contribution in [0.4, 0.5) is 0 Å². The molecule has 0 atom stereocenters. The predicted octanol–water partition coefficient (Wildman–Crippen LogP) is 2.48. The van der Waals surface area contributed by atoms with Gasteiger partial charge >= 0.3 is 0 Å². The predicted molar refractivity (Wildman–Crippen MR) is 62.7 cm³/mol. The van der Waals surface area contributed by atoms with E-state index < -0.39 is 5.60 Å². The van der Waals surface area contributed by atoms with Crippen molar-refractivity contribution in [2.24, 2.45) is 0 Å². The van der Waals surface area contributed by atoms with Crippen LogP contribution in [0.5, 0.6) is 5.75 Å². The molecule has 0 saturated heterocycles. The van der Waals surface area contributed by atoms with Crippen molar-refractivity contribution in [3.63, 3.8) is 0 Å². The Balaban J connectivity index is 2.18. The van der Waals surface area contributed by atoms with E-state index in [0.29, 0.717) is 0 Å². The van der Waals surface area contributed by atoms with Gasteiger partial charge in [-0.05, 0) is 36.8 Å². The first-order valence-electron chi connectivity index (χ1n) is 5.10. The van der Waals surface area contributed by atoms with Gasteiger partial charge in [-0.3, -0.25) is 0 Å². The first-order chi connectivity index (χ1) is 7.17. The normalized spacial score (nSPS) is 17.5. The summed E-state index contributed by atoms with van der Waals surface area (Å²) >= 11 is 1.67. The van der Waals surface area contributed by atoms with Crippen molar-refractivity contribution in [1.29, 1.82) is 0 Å². The molecule has 1 saturated carbocycles. The number of hydrogen-bond acceptors (Lipinski definition) is 3. The number of hydrogen-bond donors (Lipinski definition) is 1. The third kappa shape index (κ3) is 2.47. The summed E-state index contributed by atoms with van der Waals surface area (Å²) in [6.07, 6.45) is 4.68. The lowest BCUT2D eigenvalue weighted by Gasteiger charge is -2.11. The molecule has 3 heteroatoms. The van der Waals surface area contributed by atoms with E-state index in [2.05, 4.69) is 6.07 Å². The van der Waals surface area contributed by atoms with Crippen LogP contribution in [0.3, 0.4) is 0 Å². The van der Waals surface area contributed by atoms with E-state index in [1.54, 1.807) is 18.9 Å². The Morgan fingerprint density at radius 1 is 1.47 bits per heavy atom. The fourth-order valence-corrected chi connectivity index (χ4v) is 2.31. The molecule has 1 fully saturated rings. The minimum absolute atomic E-state index is 0.412. The summed E-state index contributed by atoms with van der Waals surface area (Å²) in [4.78, 5) is 1.14. The second kappa shape index (κ2) is 4.06.